The second-order valence-corrected chi connectivity index (χ2v) is 6.58. The predicted octanol–water partition coefficient (Wildman–Crippen LogP) is 4.13. The van der Waals surface area contributed by atoms with E-state index in [1.165, 1.54) is 24.5 Å². The topological polar surface area (TPSA) is 120 Å². The molecule has 1 aliphatic carbocycles. The predicted molar refractivity (Wildman–Crippen MR) is 92.9 cm³/mol. The number of rotatable bonds is 6. The van der Waals surface area contributed by atoms with Crippen LogP contribution in [0.25, 0.3) is 11.5 Å². The van der Waals surface area contributed by atoms with Gasteiger partial charge in [0.1, 0.15) is 5.02 Å². The molecule has 0 atom stereocenters. The number of aromatic nitrogens is 4. The van der Waals surface area contributed by atoms with E-state index in [9.17, 15) is 18.9 Å². The fourth-order valence-corrected chi connectivity index (χ4v) is 2.90. The molecule has 0 unspecified atom stereocenters. The summed E-state index contributed by atoms with van der Waals surface area (Å²) in [5, 5.41) is 21.1. The summed E-state index contributed by atoms with van der Waals surface area (Å²) in [5.41, 5.74) is 0.297. The summed E-state index contributed by atoms with van der Waals surface area (Å²) in [6, 6.07) is 4.63. The van der Waals surface area contributed by atoms with Gasteiger partial charge in [0, 0.05) is 18.5 Å². The van der Waals surface area contributed by atoms with Gasteiger partial charge in [0.15, 0.2) is 0 Å². The highest BCUT2D eigenvalue weighted by Crippen LogP contribution is 2.49. The van der Waals surface area contributed by atoms with Gasteiger partial charge < -0.3 is 9.73 Å². The van der Waals surface area contributed by atoms with E-state index in [-0.39, 0.29) is 28.1 Å². The molecule has 1 fully saturated rings. The van der Waals surface area contributed by atoms with E-state index < -0.39 is 22.8 Å². The number of halogens is 3. The van der Waals surface area contributed by atoms with Crippen molar-refractivity contribution in [3.63, 3.8) is 0 Å². The Balaban J connectivity index is 1.54. The van der Waals surface area contributed by atoms with Crippen molar-refractivity contribution in [3.8, 4) is 11.5 Å². The molecule has 1 saturated carbocycles. The van der Waals surface area contributed by atoms with E-state index in [0.29, 0.717) is 5.56 Å². The van der Waals surface area contributed by atoms with Crippen LogP contribution in [0, 0.1) is 10.1 Å². The molecule has 0 saturated heterocycles. The number of nitro benzene ring substituents is 1. The van der Waals surface area contributed by atoms with E-state index in [1.807, 2.05) is 0 Å². The van der Waals surface area contributed by atoms with Gasteiger partial charge in [0.25, 0.3) is 17.5 Å². The smallest absolute Gasteiger partial charge is 0.314 e. The number of alkyl halides is 2. The van der Waals surface area contributed by atoms with Gasteiger partial charge in [0.05, 0.1) is 16.0 Å². The van der Waals surface area contributed by atoms with Crippen molar-refractivity contribution in [1.29, 1.82) is 0 Å². The Labute approximate surface area is 160 Å². The second kappa shape index (κ2) is 6.75. The monoisotopic (exact) mass is 408 g/mol. The lowest BCUT2D eigenvalue weighted by molar-refractivity contribution is -0.384. The molecule has 12 heteroatoms. The second-order valence-electron chi connectivity index (χ2n) is 6.17. The zero-order valence-electron chi connectivity index (χ0n) is 14.0. The Hall–Kier alpha value is -3.21. The molecule has 144 valence electrons. The Morgan fingerprint density at radius 3 is 2.54 bits per heavy atom. The lowest BCUT2D eigenvalue weighted by Gasteiger charge is -2.18. The van der Waals surface area contributed by atoms with E-state index in [0.717, 1.165) is 12.8 Å². The van der Waals surface area contributed by atoms with Gasteiger partial charge in [-0.3, -0.25) is 10.1 Å². The zero-order valence-corrected chi connectivity index (χ0v) is 14.7. The van der Waals surface area contributed by atoms with Crippen LogP contribution in [0.1, 0.15) is 30.7 Å². The average Bonchev–Trinajstić information content (AvgIpc) is 3.27. The van der Waals surface area contributed by atoms with Crippen molar-refractivity contribution in [2.24, 2.45) is 0 Å². The zero-order chi connectivity index (χ0) is 19.9. The maximum absolute atomic E-state index is 12.5. The van der Waals surface area contributed by atoms with Crippen molar-refractivity contribution >= 4 is 23.2 Å². The first-order valence-electron chi connectivity index (χ1n) is 8.04. The number of nitrogens with zero attached hydrogens (tertiary/aromatic N) is 5. The van der Waals surface area contributed by atoms with Gasteiger partial charge in [-0.15, -0.1) is 10.2 Å². The first-order valence-corrected chi connectivity index (χ1v) is 8.42. The maximum atomic E-state index is 12.5. The normalized spacial score (nSPS) is 14.9. The third-order valence-corrected chi connectivity index (χ3v) is 4.64. The van der Waals surface area contributed by atoms with Crippen LogP contribution < -0.4 is 5.32 Å². The molecule has 4 rings (SSSR count). The number of hydrogen-bond acceptors (Lipinski definition) is 8. The van der Waals surface area contributed by atoms with E-state index >= 15 is 0 Å². The van der Waals surface area contributed by atoms with Gasteiger partial charge in [-0.1, -0.05) is 17.7 Å². The van der Waals surface area contributed by atoms with E-state index in [2.05, 4.69) is 25.5 Å². The third kappa shape index (κ3) is 3.36. The highest BCUT2D eigenvalue weighted by atomic mass is 35.5. The minimum atomic E-state index is -2.86. The van der Waals surface area contributed by atoms with Gasteiger partial charge in [-0.05, 0) is 24.5 Å². The molecule has 28 heavy (non-hydrogen) atoms. The molecule has 0 bridgehead atoms. The first kappa shape index (κ1) is 18.2. The summed E-state index contributed by atoms with van der Waals surface area (Å²) in [6.07, 6.45) is 1.33. The van der Waals surface area contributed by atoms with Gasteiger partial charge in [-0.25, -0.2) is 9.97 Å². The fourth-order valence-electron chi connectivity index (χ4n) is 2.72. The van der Waals surface area contributed by atoms with Crippen LogP contribution in [0.5, 0.6) is 0 Å². The molecule has 1 aromatic carbocycles. The number of nitro groups is 1. The van der Waals surface area contributed by atoms with Crippen LogP contribution in [0.2, 0.25) is 5.02 Å². The molecular weight excluding hydrogens is 398 g/mol. The molecule has 1 N–H and O–H groups in total. The Bertz CT molecular complexity index is 1040. The van der Waals surface area contributed by atoms with Gasteiger partial charge >= 0.3 is 6.43 Å². The van der Waals surface area contributed by atoms with Crippen LogP contribution in [0.4, 0.5) is 20.4 Å². The Morgan fingerprint density at radius 2 is 1.96 bits per heavy atom. The summed E-state index contributed by atoms with van der Waals surface area (Å²) in [6.45, 7) is 0. The SMILES string of the molecule is O=[N+]([O-])c1cc(C2(Nc3ncc(-c4nnc(C(F)F)o4)cn3)CC2)ccc1Cl. The van der Waals surface area contributed by atoms with Crippen molar-refractivity contribution in [2.75, 3.05) is 5.32 Å². The van der Waals surface area contributed by atoms with Gasteiger partial charge in [-0.2, -0.15) is 8.78 Å². The van der Waals surface area contributed by atoms with Crippen LogP contribution in [0.15, 0.2) is 35.0 Å². The number of benzene rings is 1. The molecule has 0 aliphatic heterocycles. The molecule has 9 nitrogen and oxygen atoms in total. The van der Waals surface area contributed by atoms with Crippen LogP contribution >= 0.6 is 11.6 Å². The summed E-state index contributed by atoms with van der Waals surface area (Å²) >= 11 is 5.87. The molecule has 2 aromatic heterocycles. The molecule has 3 aromatic rings. The van der Waals surface area contributed by atoms with Crippen LogP contribution in [-0.2, 0) is 5.54 Å². The third-order valence-electron chi connectivity index (χ3n) is 4.32. The highest BCUT2D eigenvalue weighted by molar-refractivity contribution is 6.32. The standard InChI is InChI=1S/C16H11ClF2N6O3/c17-10-2-1-9(5-11(10)25(26)27)16(3-4-16)22-15-20-6-8(7-21-15)13-23-24-14(28-13)12(18)19/h1-2,5-7,12H,3-4H2,(H,20,21,22). The van der Waals surface area contributed by atoms with Gasteiger partial charge in [0.2, 0.25) is 5.95 Å². The highest BCUT2D eigenvalue weighted by Gasteiger charge is 2.46. The molecule has 2 heterocycles. The van der Waals surface area contributed by atoms with Crippen molar-refractivity contribution in [1.82, 2.24) is 20.2 Å². The summed E-state index contributed by atoms with van der Waals surface area (Å²) in [7, 11) is 0. The lowest BCUT2D eigenvalue weighted by atomic mass is 10.0. The largest absolute Gasteiger partial charge is 0.415 e. The lowest BCUT2D eigenvalue weighted by Crippen LogP contribution is -2.20. The van der Waals surface area contributed by atoms with Crippen LogP contribution in [-0.4, -0.2) is 25.1 Å². The first-order chi connectivity index (χ1) is 13.4. The average molecular weight is 409 g/mol. The summed E-state index contributed by atoms with van der Waals surface area (Å²) in [5.74, 6) is -0.623. The number of nitrogens with one attached hydrogen (secondary N) is 1. The quantitative estimate of drug-likeness (QED) is 0.477. The van der Waals surface area contributed by atoms with E-state index in [4.69, 9.17) is 16.0 Å². The Kier molecular flexibility index (Phi) is 4.38. The number of anilines is 1. The summed E-state index contributed by atoms with van der Waals surface area (Å²) in [4.78, 5) is 18.8. The molecule has 0 spiro atoms. The molecule has 0 radical (unpaired) electrons. The minimum absolute atomic E-state index is 0.0628. The molecule has 0 amide bonds. The molecule has 1 aliphatic rings. The van der Waals surface area contributed by atoms with E-state index in [1.54, 1.807) is 6.07 Å². The van der Waals surface area contributed by atoms with Crippen LogP contribution in [0.3, 0.4) is 0 Å². The van der Waals surface area contributed by atoms with Crippen molar-refractivity contribution in [2.45, 2.75) is 24.8 Å². The fraction of sp³-hybridized carbons (Fsp3) is 0.250. The minimum Gasteiger partial charge on any atom is -0.415 e. The Morgan fingerprint density at radius 1 is 1.25 bits per heavy atom. The van der Waals surface area contributed by atoms with Crippen molar-refractivity contribution in [3.05, 3.63) is 57.2 Å². The maximum Gasteiger partial charge on any atom is 0.314 e. The number of hydrogen-bond donors (Lipinski definition) is 1. The van der Waals surface area contributed by atoms with Crippen molar-refractivity contribution < 1.29 is 18.1 Å². The summed E-state index contributed by atoms with van der Waals surface area (Å²) < 4.78 is 29.9. The molecular formula is C16H11ClF2N6O3.